The maximum Gasteiger partial charge on any atom is 0.416 e. The quantitative estimate of drug-likeness (QED) is 0.598. The fourth-order valence-electron chi connectivity index (χ4n) is 1.56. The predicted molar refractivity (Wildman–Crippen MR) is 70.7 cm³/mol. The molecular formula is C15H12F3NO. The third kappa shape index (κ3) is 3.60. The van der Waals surface area contributed by atoms with E-state index in [2.05, 4.69) is 5.16 Å². The van der Waals surface area contributed by atoms with Gasteiger partial charge in [0, 0.05) is 0 Å². The molecule has 0 bridgehead atoms. The van der Waals surface area contributed by atoms with E-state index in [1.807, 2.05) is 30.3 Å². The average Bonchev–Trinajstić information content (AvgIpc) is 2.45. The van der Waals surface area contributed by atoms with Gasteiger partial charge >= 0.3 is 6.18 Å². The van der Waals surface area contributed by atoms with E-state index in [4.69, 9.17) is 4.84 Å². The highest BCUT2D eigenvalue weighted by Gasteiger charge is 2.30. The van der Waals surface area contributed by atoms with Gasteiger partial charge in [-0.15, -0.1) is 0 Å². The van der Waals surface area contributed by atoms with Crippen LogP contribution in [0.5, 0.6) is 5.75 Å². The van der Waals surface area contributed by atoms with E-state index in [-0.39, 0.29) is 5.75 Å². The van der Waals surface area contributed by atoms with Crippen LogP contribution in [0, 0.1) is 0 Å². The zero-order valence-electron chi connectivity index (χ0n) is 10.7. The Hall–Kier alpha value is -2.30. The zero-order chi connectivity index (χ0) is 14.6. The summed E-state index contributed by atoms with van der Waals surface area (Å²) in [6.45, 7) is 1.76. The van der Waals surface area contributed by atoms with E-state index in [0.29, 0.717) is 5.71 Å². The Labute approximate surface area is 114 Å². The molecule has 5 heteroatoms. The molecule has 104 valence electrons. The zero-order valence-corrected chi connectivity index (χ0v) is 10.7. The van der Waals surface area contributed by atoms with E-state index in [0.717, 1.165) is 17.7 Å². The van der Waals surface area contributed by atoms with Crippen LogP contribution in [0.2, 0.25) is 0 Å². The van der Waals surface area contributed by atoms with Crippen molar-refractivity contribution in [3.05, 3.63) is 65.7 Å². The molecule has 0 heterocycles. The van der Waals surface area contributed by atoms with Gasteiger partial charge < -0.3 is 4.84 Å². The van der Waals surface area contributed by atoms with Gasteiger partial charge in [0.25, 0.3) is 0 Å². The molecule has 2 rings (SSSR count). The van der Waals surface area contributed by atoms with Gasteiger partial charge in [-0.05, 0) is 36.8 Å². The maximum atomic E-state index is 12.4. The number of hydrogen-bond donors (Lipinski definition) is 0. The first-order valence-corrected chi connectivity index (χ1v) is 5.91. The summed E-state index contributed by atoms with van der Waals surface area (Å²) < 4.78 is 37.2. The molecule has 2 nitrogen and oxygen atoms in total. The Morgan fingerprint density at radius 1 is 0.950 bits per heavy atom. The van der Waals surface area contributed by atoms with Crippen LogP contribution >= 0.6 is 0 Å². The molecule has 2 aromatic carbocycles. The third-order valence-electron chi connectivity index (χ3n) is 2.66. The first-order valence-electron chi connectivity index (χ1n) is 5.91. The van der Waals surface area contributed by atoms with Crippen LogP contribution in [0.1, 0.15) is 18.1 Å². The number of alkyl halides is 3. The van der Waals surface area contributed by atoms with Gasteiger partial charge in [-0.2, -0.15) is 13.2 Å². The number of halogens is 3. The molecule has 0 radical (unpaired) electrons. The summed E-state index contributed by atoms with van der Waals surface area (Å²) in [7, 11) is 0. The second-order valence-electron chi connectivity index (χ2n) is 4.16. The summed E-state index contributed by atoms with van der Waals surface area (Å²) in [5.41, 5.74) is 0.818. The summed E-state index contributed by atoms with van der Waals surface area (Å²) in [5.74, 6) is 0.258. The predicted octanol–water partition coefficient (Wildman–Crippen LogP) is 4.51. The van der Waals surface area contributed by atoms with Crippen molar-refractivity contribution in [1.82, 2.24) is 0 Å². The smallest absolute Gasteiger partial charge is 0.357 e. The number of hydrogen-bond acceptors (Lipinski definition) is 2. The Morgan fingerprint density at radius 2 is 1.55 bits per heavy atom. The molecule has 0 aliphatic heterocycles. The number of oxime groups is 1. The summed E-state index contributed by atoms with van der Waals surface area (Å²) in [5, 5.41) is 3.89. The van der Waals surface area contributed by atoms with Gasteiger partial charge in [-0.3, -0.25) is 0 Å². The second-order valence-corrected chi connectivity index (χ2v) is 4.16. The van der Waals surface area contributed by atoms with Crippen molar-refractivity contribution < 1.29 is 18.0 Å². The molecule has 0 amide bonds. The van der Waals surface area contributed by atoms with Gasteiger partial charge in [-0.25, -0.2) is 0 Å². The van der Waals surface area contributed by atoms with E-state index in [1.165, 1.54) is 12.1 Å². The molecule has 2 aromatic rings. The second kappa shape index (κ2) is 5.77. The Balaban J connectivity index is 2.08. The highest BCUT2D eigenvalue weighted by molar-refractivity contribution is 5.98. The van der Waals surface area contributed by atoms with Gasteiger partial charge in [-0.1, -0.05) is 35.5 Å². The number of rotatable bonds is 3. The molecule has 0 aliphatic carbocycles. The van der Waals surface area contributed by atoms with Crippen molar-refractivity contribution in [2.45, 2.75) is 13.1 Å². The van der Waals surface area contributed by atoms with Crippen LogP contribution in [0.4, 0.5) is 13.2 Å². The molecule has 0 atom stereocenters. The van der Waals surface area contributed by atoms with Gasteiger partial charge in [0.1, 0.15) is 0 Å². The topological polar surface area (TPSA) is 21.6 Å². The molecule has 0 N–H and O–H groups in total. The van der Waals surface area contributed by atoms with Gasteiger partial charge in [0.05, 0.1) is 11.3 Å². The molecule has 0 fully saturated rings. The fraction of sp³-hybridized carbons (Fsp3) is 0.133. The van der Waals surface area contributed by atoms with Crippen LogP contribution in [0.15, 0.2) is 59.8 Å². The monoisotopic (exact) mass is 279 g/mol. The first kappa shape index (κ1) is 14.1. The lowest BCUT2D eigenvalue weighted by Gasteiger charge is -2.06. The molecule has 0 saturated heterocycles. The molecule has 0 aliphatic rings. The minimum Gasteiger partial charge on any atom is -0.357 e. The Bertz CT molecular complexity index is 589. The highest BCUT2D eigenvalue weighted by atomic mass is 19.4. The molecule has 0 saturated carbocycles. The standard InChI is InChI=1S/C15H12F3NO/c1-11(12-5-3-2-4-6-12)19-20-14-9-7-13(8-10-14)15(16,17)18/h2-10H,1H3/b19-11-. The lowest BCUT2D eigenvalue weighted by atomic mass is 10.1. The first-order chi connectivity index (χ1) is 9.47. The highest BCUT2D eigenvalue weighted by Crippen LogP contribution is 2.30. The van der Waals surface area contributed by atoms with E-state index in [1.54, 1.807) is 6.92 Å². The SMILES string of the molecule is C/C(=N/Oc1ccc(C(F)(F)F)cc1)c1ccccc1. The van der Waals surface area contributed by atoms with Crippen molar-refractivity contribution in [3.8, 4) is 5.75 Å². The average molecular weight is 279 g/mol. The van der Waals surface area contributed by atoms with Crippen LogP contribution in [0.25, 0.3) is 0 Å². The minimum absolute atomic E-state index is 0.258. The number of nitrogens with zero attached hydrogens (tertiary/aromatic N) is 1. The Morgan fingerprint density at radius 3 is 2.10 bits per heavy atom. The van der Waals surface area contributed by atoms with E-state index >= 15 is 0 Å². The molecular weight excluding hydrogens is 267 g/mol. The van der Waals surface area contributed by atoms with Crippen LogP contribution < -0.4 is 4.84 Å². The third-order valence-corrected chi connectivity index (χ3v) is 2.66. The van der Waals surface area contributed by atoms with Crippen molar-refractivity contribution in [1.29, 1.82) is 0 Å². The summed E-state index contributed by atoms with van der Waals surface area (Å²) in [6, 6.07) is 13.8. The molecule has 0 spiro atoms. The Kier molecular flexibility index (Phi) is 4.08. The fourth-order valence-corrected chi connectivity index (χ4v) is 1.56. The normalized spacial score (nSPS) is 12.3. The van der Waals surface area contributed by atoms with E-state index < -0.39 is 11.7 Å². The van der Waals surface area contributed by atoms with Crippen LogP contribution in [0.3, 0.4) is 0 Å². The maximum absolute atomic E-state index is 12.4. The summed E-state index contributed by atoms with van der Waals surface area (Å²) in [4.78, 5) is 5.11. The molecule has 0 unspecified atom stereocenters. The summed E-state index contributed by atoms with van der Waals surface area (Å²) >= 11 is 0. The van der Waals surface area contributed by atoms with E-state index in [9.17, 15) is 13.2 Å². The van der Waals surface area contributed by atoms with Gasteiger partial charge in [0.2, 0.25) is 0 Å². The minimum atomic E-state index is -4.35. The van der Waals surface area contributed by atoms with Crippen LogP contribution in [-0.4, -0.2) is 5.71 Å². The molecule has 0 aromatic heterocycles. The lowest BCUT2D eigenvalue weighted by molar-refractivity contribution is -0.137. The number of benzene rings is 2. The van der Waals surface area contributed by atoms with Gasteiger partial charge in [0.15, 0.2) is 5.75 Å². The largest absolute Gasteiger partial charge is 0.416 e. The van der Waals surface area contributed by atoms with Crippen molar-refractivity contribution in [2.24, 2.45) is 5.16 Å². The molecule has 20 heavy (non-hydrogen) atoms. The van der Waals surface area contributed by atoms with Crippen molar-refractivity contribution in [3.63, 3.8) is 0 Å². The van der Waals surface area contributed by atoms with Crippen LogP contribution in [-0.2, 0) is 6.18 Å². The summed E-state index contributed by atoms with van der Waals surface area (Å²) in [6.07, 6.45) is -4.35. The van der Waals surface area contributed by atoms with Crippen molar-refractivity contribution >= 4 is 5.71 Å². The van der Waals surface area contributed by atoms with Crippen molar-refractivity contribution in [2.75, 3.05) is 0 Å². The lowest BCUT2D eigenvalue weighted by Crippen LogP contribution is -2.04.